The summed E-state index contributed by atoms with van der Waals surface area (Å²) in [7, 11) is 0. The zero-order valence-corrected chi connectivity index (χ0v) is 8.54. The van der Waals surface area contributed by atoms with Crippen molar-refractivity contribution in [2.24, 2.45) is 0 Å². The number of hydrogen-bond acceptors (Lipinski definition) is 4. The second-order valence-corrected chi connectivity index (χ2v) is 3.17. The highest BCUT2D eigenvalue weighted by Crippen LogP contribution is 2.22. The Morgan fingerprint density at radius 2 is 1.76 bits per heavy atom. The van der Waals surface area contributed by atoms with E-state index in [1.807, 2.05) is 0 Å². The number of pyridine rings is 1. The lowest BCUT2D eigenvalue weighted by Crippen LogP contribution is -1.89. The van der Waals surface area contributed by atoms with Crippen molar-refractivity contribution in [3.8, 4) is 11.5 Å². The number of nitrogens with zero attached hydrogens (tertiary/aromatic N) is 2. The molecule has 0 bridgehead atoms. The second kappa shape index (κ2) is 4.56. The van der Waals surface area contributed by atoms with Gasteiger partial charge in [-0.05, 0) is 24.3 Å². The van der Waals surface area contributed by atoms with Gasteiger partial charge in [-0.1, -0.05) is 0 Å². The van der Waals surface area contributed by atoms with Crippen molar-refractivity contribution >= 4 is 5.69 Å². The summed E-state index contributed by atoms with van der Waals surface area (Å²) in [6.07, 6.45) is 1.23. The van der Waals surface area contributed by atoms with Crippen LogP contribution in [0.5, 0.6) is 11.5 Å². The topological polar surface area (TPSA) is 65.3 Å². The van der Waals surface area contributed by atoms with Gasteiger partial charge in [-0.2, -0.15) is 4.39 Å². The molecule has 0 aliphatic heterocycles. The maximum atomic E-state index is 12.5. The van der Waals surface area contributed by atoms with Crippen molar-refractivity contribution in [3.63, 3.8) is 0 Å². The number of halogens is 1. The van der Waals surface area contributed by atoms with Crippen LogP contribution in [-0.4, -0.2) is 9.91 Å². The van der Waals surface area contributed by atoms with Gasteiger partial charge in [0, 0.05) is 12.1 Å². The fraction of sp³-hybridized carbons (Fsp3) is 0. The van der Waals surface area contributed by atoms with Crippen LogP contribution in [0.4, 0.5) is 10.1 Å². The fourth-order valence-electron chi connectivity index (χ4n) is 1.19. The average Bonchev–Trinajstić information content (AvgIpc) is 2.33. The summed E-state index contributed by atoms with van der Waals surface area (Å²) in [5.74, 6) is 0.185. The molecule has 0 atom stereocenters. The van der Waals surface area contributed by atoms with Crippen LogP contribution in [0.1, 0.15) is 0 Å². The Morgan fingerprint density at radius 1 is 1.12 bits per heavy atom. The van der Waals surface area contributed by atoms with Crippen molar-refractivity contribution < 1.29 is 14.1 Å². The largest absolute Gasteiger partial charge is 0.456 e. The normalized spacial score (nSPS) is 9.94. The van der Waals surface area contributed by atoms with Gasteiger partial charge in [-0.25, -0.2) is 4.98 Å². The molecular weight excluding hydrogens is 227 g/mol. The molecule has 0 aliphatic carbocycles. The van der Waals surface area contributed by atoms with E-state index in [1.54, 1.807) is 0 Å². The predicted octanol–water partition coefficient (Wildman–Crippen LogP) is 2.92. The maximum absolute atomic E-state index is 12.5. The van der Waals surface area contributed by atoms with Crippen molar-refractivity contribution in [2.45, 2.75) is 0 Å². The number of benzene rings is 1. The second-order valence-electron chi connectivity index (χ2n) is 3.17. The first-order valence-electron chi connectivity index (χ1n) is 4.69. The molecule has 2 aromatic rings. The van der Waals surface area contributed by atoms with Gasteiger partial charge in [-0.15, -0.1) is 0 Å². The van der Waals surface area contributed by atoms with Crippen molar-refractivity contribution in [1.29, 1.82) is 0 Å². The lowest BCUT2D eigenvalue weighted by molar-refractivity contribution is -0.384. The smallest absolute Gasteiger partial charge is 0.269 e. The Kier molecular flexibility index (Phi) is 2.95. The number of nitro groups is 1. The molecule has 0 saturated carbocycles. The van der Waals surface area contributed by atoms with E-state index in [0.29, 0.717) is 11.5 Å². The molecule has 1 aromatic carbocycles. The van der Waals surface area contributed by atoms with E-state index >= 15 is 0 Å². The quantitative estimate of drug-likeness (QED) is 0.465. The molecule has 0 radical (unpaired) electrons. The van der Waals surface area contributed by atoms with Crippen molar-refractivity contribution in [3.05, 3.63) is 58.7 Å². The summed E-state index contributed by atoms with van der Waals surface area (Å²) in [5.41, 5.74) is -0.0189. The van der Waals surface area contributed by atoms with Gasteiger partial charge in [0.25, 0.3) is 5.69 Å². The highest BCUT2D eigenvalue weighted by atomic mass is 19.1. The summed E-state index contributed by atoms with van der Waals surface area (Å²) < 4.78 is 17.8. The molecule has 0 fully saturated rings. The first-order chi connectivity index (χ1) is 8.15. The molecule has 0 amide bonds. The minimum Gasteiger partial charge on any atom is -0.456 e. The van der Waals surface area contributed by atoms with Crippen LogP contribution < -0.4 is 4.74 Å². The minimum atomic E-state index is -0.596. The van der Waals surface area contributed by atoms with E-state index in [0.717, 1.165) is 0 Å². The third-order valence-electron chi connectivity index (χ3n) is 1.98. The third-order valence-corrected chi connectivity index (χ3v) is 1.98. The van der Waals surface area contributed by atoms with Crippen molar-refractivity contribution in [1.82, 2.24) is 4.98 Å². The highest BCUT2D eigenvalue weighted by molar-refractivity contribution is 5.38. The molecule has 0 aliphatic rings. The molecule has 86 valence electrons. The highest BCUT2D eigenvalue weighted by Gasteiger charge is 2.05. The number of hydrogen-bond donors (Lipinski definition) is 0. The van der Waals surface area contributed by atoms with E-state index in [-0.39, 0.29) is 5.69 Å². The first kappa shape index (κ1) is 11.0. The van der Waals surface area contributed by atoms with E-state index < -0.39 is 10.9 Å². The molecule has 0 spiro atoms. The lowest BCUT2D eigenvalue weighted by Gasteiger charge is -2.04. The Balaban J connectivity index is 2.13. The Bertz CT molecular complexity index is 525. The molecule has 1 heterocycles. The Hall–Kier alpha value is -2.50. The summed E-state index contributed by atoms with van der Waals surface area (Å²) >= 11 is 0. The lowest BCUT2D eigenvalue weighted by atomic mass is 10.3. The van der Waals surface area contributed by atoms with Crippen LogP contribution in [0.15, 0.2) is 42.6 Å². The molecule has 5 nitrogen and oxygen atoms in total. The maximum Gasteiger partial charge on any atom is 0.269 e. The number of aromatic nitrogens is 1. The molecule has 0 N–H and O–H groups in total. The summed E-state index contributed by atoms with van der Waals surface area (Å²) in [5, 5.41) is 10.4. The van der Waals surface area contributed by atoms with Crippen LogP contribution in [-0.2, 0) is 0 Å². The van der Waals surface area contributed by atoms with Gasteiger partial charge in [0.2, 0.25) is 5.95 Å². The predicted molar refractivity (Wildman–Crippen MR) is 57.4 cm³/mol. The standard InChI is InChI=1S/C11H7FN2O3/c12-11-6-5-10(7-13-11)17-9-3-1-8(2-4-9)14(15)16/h1-7H. The fourth-order valence-corrected chi connectivity index (χ4v) is 1.19. The summed E-state index contributed by atoms with van der Waals surface area (Å²) in [6, 6.07) is 8.16. The first-order valence-corrected chi connectivity index (χ1v) is 4.69. The molecule has 2 rings (SSSR count). The van der Waals surface area contributed by atoms with E-state index in [4.69, 9.17) is 4.74 Å². The Labute approximate surface area is 95.6 Å². The number of ether oxygens (including phenoxy) is 1. The monoisotopic (exact) mass is 234 g/mol. The number of rotatable bonds is 3. The van der Waals surface area contributed by atoms with Crippen LogP contribution in [0.25, 0.3) is 0 Å². The average molecular weight is 234 g/mol. The number of nitro benzene ring substituents is 1. The molecule has 6 heteroatoms. The van der Waals surface area contributed by atoms with Crippen LogP contribution in [0.2, 0.25) is 0 Å². The van der Waals surface area contributed by atoms with Crippen LogP contribution >= 0.6 is 0 Å². The third kappa shape index (κ3) is 2.75. The summed E-state index contributed by atoms with van der Waals surface area (Å²) in [4.78, 5) is 13.3. The number of non-ortho nitro benzene ring substituents is 1. The molecule has 1 aromatic heterocycles. The van der Waals surface area contributed by atoms with E-state index in [9.17, 15) is 14.5 Å². The van der Waals surface area contributed by atoms with Crippen molar-refractivity contribution in [2.75, 3.05) is 0 Å². The van der Waals surface area contributed by atoms with E-state index in [1.165, 1.54) is 42.6 Å². The molecular formula is C11H7FN2O3. The van der Waals surface area contributed by atoms with Crippen LogP contribution in [0.3, 0.4) is 0 Å². The minimum absolute atomic E-state index is 0.0189. The molecule has 0 unspecified atom stereocenters. The van der Waals surface area contributed by atoms with Crippen LogP contribution in [0, 0.1) is 16.1 Å². The van der Waals surface area contributed by atoms with Gasteiger partial charge in [0.05, 0.1) is 11.1 Å². The van der Waals surface area contributed by atoms with Gasteiger partial charge in [0.1, 0.15) is 11.5 Å². The molecule has 17 heavy (non-hydrogen) atoms. The zero-order chi connectivity index (χ0) is 12.3. The van der Waals surface area contributed by atoms with Gasteiger partial charge >= 0.3 is 0 Å². The summed E-state index contributed by atoms with van der Waals surface area (Å²) in [6.45, 7) is 0. The van der Waals surface area contributed by atoms with Gasteiger partial charge < -0.3 is 4.74 Å². The van der Waals surface area contributed by atoms with Gasteiger partial charge in [0.15, 0.2) is 0 Å². The van der Waals surface area contributed by atoms with Gasteiger partial charge in [-0.3, -0.25) is 10.1 Å². The van der Waals surface area contributed by atoms with E-state index in [2.05, 4.69) is 4.98 Å². The molecule has 0 saturated heterocycles. The Morgan fingerprint density at radius 3 is 2.29 bits per heavy atom. The zero-order valence-electron chi connectivity index (χ0n) is 8.54. The SMILES string of the molecule is O=[N+]([O-])c1ccc(Oc2ccc(F)nc2)cc1.